The van der Waals surface area contributed by atoms with Crippen LogP contribution >= 0.6 is 11.6 Å². The molecule has 0 aliphatic rings. The Hall–Kier alpha value is -0.830. The molecular formula is C13H21ClN2O. The second-order valence-electron chi connectivity index (χ2n) is 4.12. The molecule has 1 aromatic rings. The van der Waals surface area contributed by atoms with E-state index in [2.05, 4.69) is 18.9 Å². The smallest absolute Gasteiger partial charge is 0.132 e. The van der Waals surface area contributed by atoms with Gasteiger partial charge in [-0.2, -0.15) is 5.10 Å². The predicted octanol–water partition coefficient (Wildman–Crippen LogP) is 3.42. The van der Waals surface area contributed by atoms with Gasteiger partial charge in [0.15, 0.2) is 0 Å². The van der Waals surface area contributed by atoms with Gasteiger partial charge in [0.25, 0.3) is 0 Å². The zero-order valence-electron chi connectivity index (χ0n) is 10.9. The van der Waals surface area contributed by atoms with E-state index in [1.807, 2.05) is 11.6 Å². The van der Waals surface area contributed by atoms with Gasteiger partial charge in [-0.05, 0) is 26.2 Å². The number of aryl methyl sites for hydroxylation is 2. The largest absolute Gasteiger partial charge is 0.300 e. The Morgan fingerprint density at radius 2 is 2.06 bits per heavy atom. The molecule has 0 aliphatic heterocycles. The van der Waals surface area contributed by atoms with Crippen molar-refractivity contribution in [3.05, 3.63) is 16.4 Å². The number of nitrogens with zero attached hydrogens (tertiary/aromatic N) is 2. The average molecular weight is 257 g/mol. The maximum atomic E-state index is 11.2. The van der Waals surface area contributed by atoms with Crippen molar-refractivity contribution in [3.63, 3.8) is 0 Å². The third-order valence-electron chi connectivity index (χ3n) is 2.96. The maximum absolute atomic E-state index is 11.2. The van der Waals surface area contributed by atoms with Gasteiger partial charge in [0.1, 0.15) is 5.78 Å². The SMILES string of the molecule is CCC(=O)CCCc1c(Cl)c(CC)nn1CC. The van der Waals surface area contributed by atoms with Gasteiger partial charge in [-0.1, -0.05) is 25.4 Å². The fraction of sp³-hybridized carbons (Fsp3) is 0.692. The molecule has 17 heavy (non-hydrogen) atoms. The van der Waals surface area contributed by atoms with Gasteiger partial charge in [-0.15, -0.1) is 0 Å². The highest BCUT2D eigenvalue weighted by Gasteiger charge is 2.13. The summed E-state index contributed by atoms with van der Waals surface area (Å²) in [6.45, 7) is 6.85. The summed E-state index contributed by atoms with van der Waals surface area (Å²) < 4.78 is 1.96. The van der Waals surface area contributed by atoms with Crippen LogP contribution in [0.1, 0.15) is 51.4 Å². The summed E-state index contributed by atoms with van der Waals surface area (Å²) in [5, 5.41) is 5.25. The summed E-state index contributed by atoms with van der Waals surface area (Å²) in [5.74, 6) is 0.319. The second-order valence-corrected chi connectivity index (χ2v) is 4.50. The monoisotopic (exact) mass is 256 g/mol. The molecule has 0 N–H and O–H groups in total. The zero-order chi connectivity index (χ0) is 12.8. The Morgan fingerprint density at radius 3 is 2.59 bits per heavy atom. The number of aromatic nitrogens is 2. The molecule has 0 saturated carbocycles. The van der Waals surface area contributed by atoms with Crippen LogP contribution in [0.15, 0.2) is 0 Å². The Bertz CT molecular complexity index is 385. The minimum atomic E-state index is 0.319. The number of rotatable bonds is 7. The normalized spacial score (nSPS) is 10.8. The van der Waals surface area contributed by atoms with Crippen molar-refractivity contribution in [1.29, 1.82) is 0 Å². The first kappa shape index (κ1) is 14.2. The van der Waals surface area contributed by atoms with Crippen molar-refractivity contribution >= 4 is 17.4 Å². The first-order chi connectivity index (χ1) is 8.13. The summed E-state index contributed by atoms with van der Waals surface area (Å²) >= 11 is 6.29. The third kappa shape index (κ3) is 3.56. The Morgan fingerprint density at radius 1 is 1.35 bits per heavy atom. The summed E-state index contributed by atoms with van der Waals surface area (Å²) in [6.07, 6.45) is 3.82. The van der Waals surface area contributed by atoms with Crippen LogP contribution in [0.25, 0.3) is 0 Å². The van der Waals surface area contributed by atoms with E-state index in [9.17, 15) is 4.79 Å². The molecule has 96 valence electrons. The van der Waals surface area contributed by atoms with E-state index >= 15 is 0 Å². The van der Waals surface area contributed by atoms with E-state index < -0.39 is 0 Å². The molecule has 0 radical (unpaired) electrons. The van der Waals surface area contributed by atoms with Crippen LogP contribution in [0.5, 0.6) is 0 Å². The van der Waals surface area contributed by atoms with Crippen molar-refractivity contribution in [2.24, 2.45) is 0 Å². The number of carbonyl (C=O) groups is 1. The quantitative estimate of drug-likeness (QED) is 0.749. The number of hydrogen-bond acceptors (Lipinski definition) is 2. The highest BCUT2D eigenvalue weighted by atomic mass is 35.5. The fourth-order valence-electron chi connectivity index (χ4n) is 1.89. The van der Waals surface area contributed by atoms with E-state index in [1.165, 1.54) is 0 Å². The lowest BCUT2D eigenvalue weighted by atomic mass is 10.1. The van der Waals surface area contributed by atoms with Crippen LogP contribution in [0.3, 0.4) is 0 Å². The third-order valence-corrected chi connectivity index (χ3v) is 3.39. The standard InChI is InChI=1S/C13H21ClN2O/c1-4-10(17)8-7-9-12-13(14)11(5-2)15-16(12)6-3/h4-9H2,1-3H3. The number of hydrogen-bond donors (Lipinski definition) is 0. The Balaban J connectivity index is 2.69. The molecule has 1 rings (SSSR count). The lowest BCUT2D eigenvalue weighted by Crippen LogP contribution is -2.04. The lowest BCUT2D eigenvalue weighted by molar-refractivity contribution is -0.118. The number of Topliss-reactive ketones (excluding diaryl/α,β-unsaturated/α-hetero) is 1. The maximum Gasteiger partial charge on any atom is 0.132 e. The van der Waals surface area contributed by atoms with Gasteiger partial charge in [0.05, 0.1) is 16.4 Å². The molecule has 0 spiro atoms. The Labute approximate surface area is 108 Å². The summed E-state index contributed by atoms with van der Waals surface area (Å²) in [4.78, 5) is 11.2. The number of carbonyl (C=O) groups excluding carboxylic acids is 1. The molecule has 0 bridgehead atoms. The van der Waals surface area contributed by atoms with Crippen LogP contribution in [-0.4, -0.2) is 15.6 Å². The molecule has 0 unspecified atom stereocenters. The topological polar surface area (TPSA) is 34.9 Å². The van der Waals surface area contributed by atoms with E-state index in [1.54, 1.807) is 0 Å². The molecule has 0 amide bonds. The summed E-state index contributed by atoms with van der Waals surface area (Å²) in [7, 11) is 0. The van der Waals surface area contributed by atoms with Crippen LogP contribution < -0.4 is 0 Å². The first-order valence-corrected chi connectivity index (χ1v) is 6.77. The highest BCUT2D eigenvalue weighted by Crippen LogP contribution is 2.23. The van der Waals surface area contributed by atoms with E-state index in [4.69, 9.17) is 11.6 Å². The first-order valence-electron chi connectivity index (χ1n) is 6.39. The summed E-state index contributed by atoms with van der Waals surface area (Å²) in [5.41, 5.74) is 2.04. The van der Waals surface area contributed by atoms with Gasteiger partial charge in [-0.3, -0.25) is 9.48 Å². The molecule has 0 saturated heterocycles. The molecule has 1 heterocycles. The van der Waals surface area contributed by atoms with Gasteiger partial charge >= 0.3 is 0 Å². The van der Waals surface area contributed by atoms with Gasteiger partial charge < -0.3 is 0 Å². The van der Waals surface area contributed by atoms with Crippen LogP contribution in [0.2, 0.25) is 5.02 Å². The van der Waals surface area contributed by atoms with Gasteiger partial charge in [0.2, 0.25) is 0 Å². The zero-order valence-corrected chi connectivity index (χ0v) is 11.7. The Kier molecular flexibility index (Phi) is 5.69. The van der Waals surface area contributed by atoms with Crippen molar-refractivity contribution in [2.45, 2.75) is 59.4 Å². The van der Waals surface area contributed by atoms with E-state index in [-0.39, 0.29) is 0 Å². The van der Waals surface area contributed by atoms with E-state index in [0.717, 1.165) is 42.2 Å². The molecule has 3 nitrogen and oxygen atoms in total. The van der Waals surface area contributed by atoms with Crippen molar-refractivity contribution in [1.82, 2.24) is 9.78 Å². The molecule has 0 atom stereocenters. The van der Waals surface area contributed by atoms with Crippen molar-refractivity contribution in [2.75, 3.05) is 0 Å². The fourth-order valence-corrected chi connectivity index (χ4v) is 2.25. The molecule has 0 aliphatic carbocycles. The lowest BCUT2D eigenvalue weighted by Gasteiger charge is -2.04. The molecule has 1 aromatic heterocycles. The van der Waals surface area contributed by atoms with Gasteiger partial charge in [-0.25, -0.2) is 0 Å². The highest BCUT2D eigenvalue weighted by molar-refractivity contribution is 6.31. The minimum Gasteiger partial charge on any atom is -0.300 e. The number of halogens is 1. The molecule has 0 fully saturated rings. The predicted molar refractivity (Wildman–Crippen MR) is 70.5 cm³/mol. The minimum absolute atomic E-state index is 0.319. The molecule has 0 aromatic carbocycles. The summed E-state index contributed by atoms with van der Waals surface area (Å²) in [6, 6.07) is 0. The van der Waals surface area contributed by atoms with Crippen molar-refractivity contribution in [3.8, 4) is 0 Å². The molecule has 4 heteroatoms. The average Bonchev–Trinajstić information content (AvgIpc) is 2.65. The number of ketones is 1. The van der Waals surface area contributed by atoms with Crippen LogP contribution in [0.4, 0.5) is 0 Å². The van der Waals surface area contributed by atoms with E-state index in [0.29, 0.717) is 18.6 Å². The van der Waals surface area contributed by atoms with Gasteiger partial charge in [0, 0.05) is 19.4 Å². The molecular weight excluding hydrogens is 236 g/mol. The van der Waals surface area contributed by atoms with Crippen molar-refractivity contribution < 1.29 is 4.79 Å². The van der Waals surface area contributed by atoms with Crippen LogP contribution in [0, 0.1) is 0 Å². The van der Waals surface area contributed by atoms with Crippen LogP contribution in [-0.2, 0) is 24.2 Å². The second kappa shape index (κ2) is 6.80.